The summed E-state index contributed by atoms with van der Waals surface area (Å²) in [6.45, 7) is 3.68. The van der Waals surface area contributed by atoms with E-state index >= 15 is 0 Å². The molecule has 1 unspecified atom stereocenters. The van der Waals surface area contributed by atoms with Crippen LogP contribution in [-0.4, -0.2) is 38.9 Å². The van der Waals surface area contributed by atoms with Crippen LogP contribution < -0.4 is 5.32 Å². The quantitative estimate of drug-likeness (QED) is 0.836. The monoisotopic (exact) mass is 330 g/mol. The number of likely N-dealkylation sites (N-methyl/N-ethyl adjacent to an activating group) is 1. The zero-order chi connectivity index (χ0) is 15.3. The fourth-order valence-electron chi connectivity index (χ4n) is 2.91. The van der Waals surface area contributed by atoms with Crippen LogP contribution >= 0.6 is 11.3 Å². The van der Waals surface area contributed by atoms with Crippen molar-refractivity contribution in [1.82, 2.24) is 9.62 Å². The lowest BCUT2D eigenvalue weighted by atomic mass is 10.0. The Labute approximate surface area is 132 Å². The first-order chi connectivity index (χ1) is 10.1. The first kappa shape index (κ1) is 16.9. The van der Waals surface area contributed by atoms with Crippen LogP contribution in [-0.2, 0) is 16.4 Å². The highest BCUT2D eigenvalue weighted by Gasteiger charge is 2.33. The molecule has 0 aromatic carbocycles. The second-order valence-corrected chi connectivity index (χ2v) is 8.91. The Hall–Kier alpha value is -0.430. The molecule has 0 spiro atoms. The number of hydrogen-bond donors (Lipinski definition) is 1. The summed E-state index contributed by atoms with van der Waals surface area (Å²) in [5, 5.41) is 3.10. The van der Waals surface area contributed by atoms with Crippen LogP contribution in [0.5, 0.6) is 0 Å². The van der Waals surface area contributed by atoms with Crippen LogP contribution in [0.3, 0.4) is 0 Å². The highest BCUT2D eigenvalue weighted by molar-refractivity contribution is 7.91. The van der Waals surface area contributed by atoms with Gasteiger partial charge in [-0.05, 0) is 51.4 Å². The second kappa shape index (κ2) is 7.72. The molecule has 0 radical (unpaired) electrons. The fourth-order valence-corrected chi connectivity index (χ4v) is 6.12. The third-order valence-corrected chi connectivity index (χ3v) is 7.58. The Morgan fingerprint density at radius 3 is 2.90 bits per heavy atom. The van der Waals surface area contributed by atoms with Crippen molar-refractivity contribution in [2.24, 2.45) is 0 Å². The van der Waals surface area contributed by atoms with Gasteiger partial charge in [0.2, 0.25) is 0 Å². The first-order valence-corrected chi connectivity index (χ1v) is 10.1. The van der Waals surface area contributed by atoms with Gasteiger partial charge in [-0.2, -0.15) is 4.31 Å². The zero-order valence-electron chi connectivity index (χ0n) is 13.0. The molecule has 21 heavy (non-hydrogen) atoms. The van der Waals surface area contributed by atoms with Crippen LogP contribution in [0, 0.1) is 0 Å². The first-order valence-electron chi connectivity index (χ1n) is 7.84. The van der Waals surface area contributed by atoms with E-state index in [4.69, 9.17) is 0 Å². The highest BCUT2D eigenvalue weighted by Crippen LogP contribution is 2.31. The molecule has 0 saturated carbocycles. The summed E-state index contributed by atoms with van der Waals surface area (Å²) in [5.41, 5.74) is 0. The summed E-state index contributed by atoms with van der Waals surface area (Å²) in [7, 11) is -1.40. The molecular formula is C15H26N2O2S2. The molecule has 1 aliphatic heterocycles. The number of sulfonamides is 1. The van der Waals surface area contributed by atoms with Gasteiger partial charge in [0.15, 0.2) is 0 Å². The van der Waals surface area contributed by atoms with Crippen LogP contribution in [0.4, 0.5) is 0 Å². The maximum Gasteiger partial charge on any atom is 0.252 e. The van der Waals surface area contributed by atoms with Crippen molar-refractivity contribution in [2.75, 3.05) is 20.1 Å². The van der Waals surface area contributed by atoms with E-state index in [0.29, 0.717) is 10.8 Å². The number of rotatable bonds is 7. The molecule has 0 bridgehead atoms. The molecule has 0 aliphatic carbocycles. The van der Waals surface area contributed by atoms with Crippen molar-refractivity contribution in [3.63, 3.8) is 0 Å². The molecule has 0 amide bonds. The van der Waals surface area contributed by atoms with Crippen molar-refractivity contribution in [3.05, 3.63) is 17.0 Å². The molecule has 1 N–H and O–H groups in total. The molecule has 1 aliphatic rings. The lowest BCUT2D eigenvalue weighted by Crippen LogP contribution is -2.43. The van der Waals surface area contributed by atoms with Gasteiger partial charge in [-0.15, -0.1) is 11.3 Å². The molecule has 120 valence electrons. The second-order valence-electron chi connectivity index (χ2n) is 5.63. The summed E-state index contributed by atoms with van der Waals surface area (Å²) in [4.78, 5) is 1.13. The molecule has 1 atom stereocenters. The molecule has 1 saturated heterocycles. The minimum atomic E-state index is -3.31. The lowest BCUT2D eigenvalue weighted by molar-refractivity contribution is 0.240. The average molecular weight is 331 g/mol. The Kier molecular flexibility index (Phi) is 6.22. The summed E-state index contributed by atoms with van der Waals surface area (Å²) in [6, 6.07) is 3.92. The van der Waals surface area contributed by atoms with Crippen molar-refractivity contribution in [1.29, 1.82) is 0 Å². The molecule has 1 aromatic heterocycles. The Balaban J connectivity index is 2.17. The van der Waals surface area contributed by atoms with Gasteiger partial charge in [-0.3, -0.25) is 0 Å². The van der Waals surface area contributed by atoms with E-state index in [1.54, 1.807) is 10.4 Å². The van der Waals surface area contributed by atoms with E-state index < -0.39 is 10.0 Å². The molecule has 1 aromatic rings. The fraction of sp³-hybridized carbons (Fsp3) is 0.733. The van der Waals surface area contributed by atoms with E-state index in [1.807, 2.05) is 13.1 Å². The zero-order valence-corrected chi connectivity index (χ0v) is 14.6. The predicted molar refractivity (Wildman–Crippen MR) is 88.4 cm³/mol. The predicted octanol–water partition coefficient (Wildman–Crippen LogP) is 2.85. The van der Waals surface area contributed by atoms with Gasteiger partial charge in [0.05, 0.1) is 0 Å². The van der Waals surface area contributed by atoms with Gasteiger partial charge in [0.25, 0.3) is 10.0 Å². The van der Waals surface area contributed by atoms with Crippen molar-refractivity contribution in [2.45, 2.75) is 55.7 Å². The average Bonchev–Trinajstić information content (AvgIpc) is 2.95. The standard InChI is InChI=1S/C15H26N2O2S2/c1-3-6-13-7-4-5-12-17(13)21(18,19)15-9-8-14(20-15)10-11-16-2/h8-9,13,16H,3-7,10-12H2,1-2H3. The summed E-state index contributed by atoms with van der Waals surface area (Å²) in [6.07, 6.45) is 6.03. The van der Waals surface area contributed by atoms with Crippen LogP contribution in [0.15, 0.2) is 16.3 Å². The van der Waals surface area contributed by atoms with Gasteiger partial charge < -0.3 is 5.32 Å². The third kappa shape index (κ3) is 4.06. The van der Waals surface area contributed by atoms with Crippen LogP contribution in [0.25, 0.3) is 0 Å². The van der Waals surface area contributed by atoms with Gasteiger partial charge in [0.1, 0.15) is 4.21 Å². The van der Waals surface area contributed by atoms with E-state index in [9.17, 15) is 8.42 Å². The van der Waals surface area contributed by atoms with Crippen molar-refractivity contribution in [3.8, 4) is 0 Å². The van der Waals surface area contributed by atoms with Gasteiger partial charge >= 0.3 is 0 Å². The Bertz CT molecular complexity index is 538. The topological polar surface area (TPSA) is 49.4 Å². The van der Waals surface area contributed by atoms with E-state index in [2.05, 4.69) is 12.2 Å². The molecule has 1 fully saturated rings. The summed E-state index contributed by atoms with van der Waals surface area (Å²) in [5.74, 6) is 0. The number of hydrogen-bond acceptors (Lipinski definition) is 4. The van der Waals surface area contributed by atoms with E-state index in [-0.39, 0.29) is 6.04 Å². The highest BCUT2D eigenvalue weighted by atomic mass is 32.2. The van der Waals surface area contributed by atoms with Crippen LogP contribution in [0.1, 0.15) is 43.9 Å². The normalized spacial score (nSPS) is 20.8. The van der Waals surface area contributed by atoms with Crippen molar-refractivity contribution < 1.29 is 8.42 Å². The molecular weight excluding hydrogens is 304 g/mol. The van der Waals surface area contributed by atoms with Gasteiger partial charge in [-0.25, -0.2) is 8.42 Å². The smallest absolute Gasteiger partial charge is 0.252 e. The third-order valence-electron chi connectivity index (χ3n) is 4.02. The maximum atomic E-state index is 12.9. The number of nitrogens with one attached hydrogen (secondary N) is 1. The minimum absolute atomic E-state index is 0.191. The maximum absolute atomic E-state index is 12.9. The lowest BCUT2D eigenvalue weighted by Gasteiger charge is -2.34. The number of nitrogens with zero attached hydrogens (tertiary/aromatic N) is 1. The van der Waals surface area contributed by atoms with E-state index in [0.717, 1.165) is 49.9 Å². The van der Waals surface area contributed by atoms with Crippen molar-refractivity contribution >= 4 is 21.4 Å². The summed E-state index contributed by atoms with van der Waals surface area (Å²) < 4.78 is 28.0. The van der Waals surface area contributed by atoms with Gasteiger partial charge in [0, 0.05) is 17.5 Å². The number of piperidine rings is 1. The molecule has 2 rings (SSSR count). The van der Waals surface area contributed by atoms with Gasteiger partial charge in [-0.1, -0.05) is 19.8 Å². The van der Waals surface area contributed by atoms with E-state index in [1.165, 1.54) is 11.3 Å². The minimum Gasteiger partial charge on any atom is -0.319 e. The van der Waals surface area contributed by atoms with Crippen LogP contribution in [0.2, 0.25) is 0 Å². The SMILES string of the molecule is CCCC1CCCCN1S(=O)(=O)c1ccc(CCNC)s1. The Morgan fingerprint density at radius 1 is 1.38 bits per heavy atom. The summed E-state index contributed by atoms with van der Waals surface area (Å²) >= 11 is 1.42. The largest absolute Gasteiger partial charge is 0.319 e. The Morgan fingerprint density at radius 2 is 2.19 bits per heavy atom. The molecule has 2 heterocycles. The number of thiophene rings is 1. The molecule has 6 heteroatoms. The molecule has 4 nitrogen and oxygen atoms in total.